The van der Waals surface area contributed by atoms with Crippen LogP contribution in [-0.2, 0) is 0 Å². The van der Waals surface area contributed by atoms with E-state index in [0.29, 0.717) is 11.1 Å². The predicted molar refractivity (Wildman–Crippen MR) is 101 cm³/mol. The highest BCUT2D eigenvalue weighted by atomic mass is 16.1. The fourth-order valence-electron chi connectivity index (χ4n) is 3.07. The smallest absolute Gasteiger partial charge is 0.252 e. The van der Waals surface area contributed by atoms with Crippen LogP contribution in [0.5, 0.6) is 0 Å². The maximum absolute atomic E-state index is 12.7. The molecule has 0 saturated carbocycles. The summed E-state index contributed by atoms with van der Waals surface area (Å²) in [5.74, 6) is -0.211. The molecule has 1 amide bonds. The number of fused-ring (bicyclic) bond motifs is 1. The summed E-state index contributed by atoms with van der Waals surface area (Å²) in [5, 5.41) is 5.34. The molecule has 0 heterocycles. The van der Waals surface area contributed by atoms with Gasteiger partial charge < -0.3 is 5.32 Å². The van der Waals surface area contributed by atoms with Gasteiger partial charge in [-0.1, -0.05) is 54.6 Å². The number of hydrogen-bond donors (Lipinski definition) is 1. The van der Waals surface area contributed by atoms with Crippen LogP contribution in [0, 0.1) is 6.92 Å². The number of Topliss-reactive ketones (excluding diaryl/α,β-unsaturated/α-hetero) is 1. The highest BCUT2D eigenvalue weighted by Gasteiger charge is 2.16. The molecule has 0 radical (unpaired) electrons. The standard InChI is InChI=1S/C22H21NO2/c1-14-11-12-18(16(3)24)13-21(14)22(25)23-15(2)19-10-6-8-17-7-4-5-9-20(17)19/h4-13,15H,1-3H3,(H,23,25). The molecule has 0 spiro atoms. The average molecular weight is 331 g/mol. The molecule has 0 saturated heterocycles. The molecular weight excluding hydrogens is 310 g/mol. The van der Waals surface area contributed by atoms with Crippen molar-refractivity contribution in [3.8, 4) is 0 Å². The van der Waals surface area contributed by atoms with E-state index in [4.69, 9.17) is 0 Å². The van der Waals surface area contributed by atoms with E-state index in [1.54, 1.807) is 12.1 Å². The molecule has 25 heavy (non-hydrogen) atoms. The molecule has 3 aromatic carbocycles. The van der Waals surface area contributed by atoms with Gasteiger partial charge in [-0.05, 0) is 48.7 Å². The van der Waals surface area contributed by atoms with E-state index in [1.165, 1.54) is 6.92 Å². The molecule has 1 atom stereocenters. The lowest BCUT2D eigenvalue weighted by atomic mass is 9.98. The summed E-state index contributed by atoms with van der Waals surface area (Å²) < 4.78 is 0. The van der Waals surface area contributed by atoms with Crippen LogP contribution in [0.1, 0.15) is 51.7 Å². The third-order valence-electron chi connectivity index (χ3n) is 4.53. The van der Waals surface area contributed by atoms with Gasteiger partial charge in [0.1, 0.15) is 0 Å². The van der Waals surface area contributed by atoms with Crippen LogP contribution < -0.4 is 5.32 Å². The van der Waals surface area contributed by atoms with E-state index >= 15 is 0 Å². The van der Waals surface area contributed by atoms with Gasteiger partial charge in [0.05, 0.1) is 6.04 Å². The fourth-order valence-corrected chi connectivity index (χ4v) is 3.07. The third kappa shape index (κ3) is 3.45. The zero-order chi connectivity index (χ0) is 18.0. The number of nitrogens with one attached hydrogen (secondary N) is 1. The summed E-state index contributed by atoms with van der Waals surface area (Å²) in [6.45, 7) is 5.36. The molecule has 126 valence electrons. The largest absolute Gasteiger partial charge is 0.345 e. The summed E-state index contributed by atoms with van der Waals surface area (Å²) in [7, 11) is 0. The maximum atomic E-state index is 12.7. The molecule has 3 rings (SSSR count). The topological polar surface area (TPSA) is 46.2 Å². The molecule has 0 aliphatic rings. The molecule has 3 nitrogen and oxygen atoms in total. The van der Waals surface area contributed by atoms with Crippen molar-refractivity contribution in [1.82, 2.24) is 5.32 Å². The van der Waals surface area contributed by atoms with E-state index in [0.717, 1.165) is 21.9 Å². The first-order chi connectivity index (χ1) is 12.0. The maximum Gasteiger partial charge on any atom is 0.252 e. The van der Waals surface area contributed by atoms with Crippen molar-refractivity contribution >= 4 is 22.5 Å². The van der Waals surface area contributed by atoms with E-state index in [9.17, 15) is 9.59 Å². The quantitative estimate of drug-likeness (QED) is 0.695. The highest BCUT2D eigenvalue weighted by molar-refractivity contribution is 6.01. The van der Waals surface area contributed by atoms with Crippen LogP contribution in [0.4, 0.5) is 0 Å². The Morgan fingerprint density at radius 3 is 2.44 bits per heavy atom. The van der Waals surface area contributed by atoms with Crippen LogP contribution >= 0.6 is 0 Å². The lowest BCUT2D eigenvalue weighted by Crippen LogP contribution is -2.27. The highest BCUT2D eigenvalue weighted by Crippen LogP contribution is 2.24. The fraction of sp³-hybridized carbons (Fsp3) is 0.182. The summed E-state index contributed by atoms with van der Waals surface area (Å²) in [5.41, 5.74) is 3.02. The predicted octanol–water partition coefficient (Wildman–Crippen LogP) is 4.84. The Bertz CT molecular complexity index is 954. The molecule has 1 unspecified atom stereocenters. The van der Waals surface area contributed by atoms with E-state index in [-0.39, 0.29) is 17.7 Å². The number of aryl methyl sites for hydroxylation is 1. The monoisotopic (exact) mass is 331 g/mol. The Kier molecular flexibility index (Phi) is 4.66. The van der Waals surface area contributed by atoms with Gasteiger partial charge in [-0.15, -0.1) is 0 Å². The van der Waals surface area contributed by atoms with E-state index in [2.05, 4.69) is 23.5 Å². The molecule has 3 heteroatoms. The second-order valence-electron chi connectivity index (χ2n) is 6.35. The van der Waals surface area contributed by atoms with Crippen molar-refractivity contribution in [2.75, 3.05) is 0 Å². The molecule has 3 aromatic rings. The first kappa shape index (κ1) is 16.9. The Balaban J connectivity index is 1.90. The molecule has 0 aromatic heterocycles. The minimum absolute atomic E-state index is 0.0452. The number of rotatable bonds is 4. The number of carbonyl (C=O) groups is 2. The van der Waals surface area contributed by atoms with Crippen molar-refractivity contribution in [3.05, 3.63) is 82.9 Å². The van der Waals surface area contributed by atoms with Gasteiger partial charge >= 0.3 is 0 Å². The van der Waals surface area contributed by atoms with Crippen molar-refractivity contribution < 1.29 is 9.59 Å². The SMILES string of the molecule is CC(=O)c1ccc(C)c(C(=O)NC(C)c2cccc3ccccc23)c1. The second-order valence-corrected chi connectivity index (χ2v) is 6.35. The zero-order valence-corrected chi connectivity index (χ0v) is 14.7. The van der Waals surface area contributed by atoms with Crippen LogP contribution in [0.25, 0.3) is 10.8 Å². The Morgan fingerprint density at radius 1 is 0.960 bits per heavy atom. The van der Waals surface area contributed by atoms with Gasteiger partial charge in [0.15, 0.2) is 5.78 Å². The van der Waals surface area contributed by atoms with Gasteiger partial charge in [-0.3, -0.25) is 9.59 Å². The zero-order valence-electron chi connectivity index (χ0n) is 14.7. The normalized spacial score (nSPS) is 12.0. The third-order valence-corrected chi connectivity index (χ3v) is 4.53. The summed E-state index contributed by atoms with van der Waals surface area (Å²) >= 11 is 0. The minimum atomic E-state index is -0.166. The van der Waals surface area contributed by atoms with Crippen molar-refractivity contribution in [3.63, 3.8) is 0 Å². The molecular formula is C22H21NO2. The first-order valence-corrected chi connectivity index (χ1v) is 8.37. The second kappa shape index (κ2) is 6.89. The Labute approximate surface area is 147 Å². The Morgan fingerprint density at radius 2 is 1.68 bits per heavy atom. The minimum Gasteiger partial charge on any atom is -0.345 e. The molecule has 0 aliphatic heterocycles. The summed E-state index contributed by atoms with van der Waals surface area (Å²) in [6.07, 6.45) is 0. The summed E-state index contributed by atoms with van der Waals surface area (Å²) in [4.78, 5) is 24.3. The van der Waals surface area contributed by atoms with Gasteiger partial charge in [0.25, 0.3) is 5.91 Å². The lowest BCUT2D eigenvalue weighted by molar-refractivity contribution is 0.0939. The number of ketones is 1. The van der Waals surface area contributed by atoms with Crippen molar-refractivity contribution in [2.45, 2.75) is 26.8 Å². The average Bonchev–Trinajstić information content (AvgIpc) is 2.61. The summed E-state index contributed by atoms with van der Waals surface area (Å²) in [6, 6.07) is 19.3. The van der Waals surface area contributed by atoms with Gasteiger partial charge in [-0.2, -0.15) is 0 Å². The molecule has 1 N–H and O–H groups in total. The van der Waals surface area contributed by atoms with Gasteiger partial charge in [0, 0.05) is 11.1 Å². The van der Waals surface area contributed by atoms with E-state index < -0.39 is 0 Å². The van der Waals surface area contributed by atoms with Gasteiger partial charge in [0.2, 0.25) is 0 Å². The molecule has 0 aliphatic carbocycles. The number of amides is 1. The first-order valence-electron chi connectivity index (χ1n) is 8.37. The van der Waals surface area contributed by atoms with Crippen molar-refractivity contribution in [2.24, 2.45) is 0 Å². The van der Waals surface area contributed by atoms with Crippen LogP contribution in [0.2, 0.25) is 0 Å². The molecule has 0 bridgehead atoms. The van der Waals surface area contributed by atoms with Gasteiger partial charge in [-0.25, -0.2) is 0 Å². The number of benzene rings is 3. The Hall–Kier alpha value is -2.94. The van der Waals surface area contributed by atoms with Crippen LogP contribution in [-0.4, -0.2) is 11.7 Å². The molecule has 0 fully saturated rings. The van der Waals surface area contributed by atoms with Crippen molar-refractivity contribution in [1.29, 1.82) is 0 Å². The van der Waals surface area contributed by atoms with E-state index in [1.807, 2.05) is 44.2 Å². The number of carbonyl (C=O) groups excluding carboxylic acids is 2. The van der Waals surface area contributed by atoms with Crippen LogP contribution in [0.3, 0.4) is 0 Å². The van der Waals surface area contributed by atoms with Crippen LogP contribution in [0.15, 0.2) is 60.7 Å². The lowest BCUT2D eigenvalue weighted by Gasteiger charge is -2.17. The number of hydrogen-bond acceptors (Lipinski definition) is 2.